The lowest BCUT2D eigenvalue weighted by Crippen LogP contribution is -2.16. The summed E-state index contributed by atoms with van der Waals surface area (Å²) in [5.41, 5.74) is 1.04. The Bertz CT molecular complexity index is 474. The van der Waals surface area contributed by atoms with Gasteiger partial charge in [-0.05, 0) is 30.5 Å². The van der Waals surface area contributed by atoms with Crippen molar-refractivity contribution in [2.24, 2.45) is 0 Å². The number of benzene rings is 1. The van der Waals surface area contributed by atoms with E-state index in [9.17, 15) is 4.79 Å². The summed E-state index contributed by atoms with van der Waals surface area (Å²) < 4.78 is 20.7. The minimum atomic E-state index is -0.460. The summed E-state index contributed by atoms with van der Waals surface area (Å²) in [4.78, 5) is 11.2. The molecule has 116 valence electrons. The van der Waals surface area contributed by atoms with Crippen molar-refractivity contribution in [3.05, 3.63) is 17.7 Å². The molecule has 1 aromatic carbocycles. The molecule has 0 unspecified atom stereocenters. The summed E-state index contributed by atoms with van der Waals surface area (Å²) >= 11 is 0. The van der Waals surface area contributed by atoms with E-state index >= 15 is 0 Å². The van der Waals surface area contributed by atoms with Gasteiger partial charge in [0.05, 0.1) is 21.3 Å². The number of esters is 1. The first-order valence-electron chi connectivity index (χ1n) is 6.85. The van der Waals surface area contributed by atoms with Crippen LogP contribution < -0.4 is 19.5 Å². The maximum absolute atomic E-state index is 11.2. The predicted octanol–water partition coefficient (Wildman–Crippen LogP) is 1.51. The van der Waals surface area contributed by atoms with Crippen molar-refractivity contribution in [2.45, 2.75) is 25.4 Å². The molecule has 0 aromatic heterocycles. The summed E-state index contributed by atoms with van der Waals surface area (Å²) in [5, 5.41) is 3.43. The Morgan fingerprint density at radius 2 is 1.81 bits per heavy atom. The van der Waals surface area contributed by atoms with Gasteiger partial charge in [0, 0.05) is 12.6 Å². The molecule has 2 rings (SSSR count). The number of carbonyl (C=O) groups is 1. The summed E-state index contributed by atoms with van der Waals surface area (Å²) in [6, 6.07) is 4.38. The quantitative estimate of drug-likeness (QED) is 0.733. The van der Waals surface area contributed by atoms with E-state index < -0.39 is 5.97 Å². The number of hydrogen-bond donors (Lipinski definition) is 1. The zero-order valence-electron chi connectivity index (χ0n) is 12.6. The topological polar surface area (TPSA) is 66.0 Å². The zero-order chi connectivity index (χ0) is 15.2. The summed E-state index contributed by atoms with van der Waals surface area (Å²) in [6.07, 6.45) is 2.46. The fourth-order valence-corrected chi connectivity index (χ4v) is 1.92. The molecule has 0 amide bonds. The average Bonchev–Trinajstić information content (AvgIpc) is 3.34. The summed E-state index contributed by atoms with van der Waals surface area (Å²) in [5.74, 6) is 1.01. The highest BCUT2D eigenvalue weighted by Crippen LogP contribution is 2.38. The fraction of sp³-hybridized carbons (Fsp3) is 0.533. The maximum Gasteiger partial charge on any atom is 0.343 e. The van der Waals surface area contributed by atoms with E-state index in [-0.39, 0.29) is 6.61 Å². The molecule has 6 nitrogen and oxygen atoms in total. The lowest BCUT2D eigenvalue weighted by molar-refractivity contribution is -0.142. The largest absolute Gasteiger partial charge is 0.493 e. The molecule has 1 N–H and O–H groups in total. The number of nitrogens with one attached hydrogen (secondary N) is 1. The van der Waals surface area contributed by atoms with Gasteiger partial charge < -0.3 is 24.3 Å². The minimum Gasteiger partial charge on any atom is -0.493 e. The van der Waals surface area contributed by atoms with Crippen molar-refractivity contribution >= 4 is 5.97 Å². The Balaban J connectivity index is 2.14. The van der Waals surface area contributed by atoms with E-state index in [0.29, 0.717) is 23.3 Å². The Hall–Kier alpha value is -1.95. The van der Waals surface area contributed by atoms with Crippen molar-refractivity contribution in [3.63, 3.8) is 0 Å². The minimum absolute atomic E-state index is 0.192. The van der Waals surface area contributed by atoms with Crippen molar-refractivity contribution in [3.8, 4) is 17.2 Å². The van der Waals surface area contributed by atoms with Crippen LogP contribution in [0.4, 0.5) is 0 Å². The first kappa shape index (κ1) is 15.4. The van der Waals surface area contributed by atoms with Gasteiger partial charge in [0.25, 0.3) is 0 Å². The molecule has 21 heavy (non-hydrogen) atoms. The van der Waals surface area contributed by atoms with Crippen LogP contribution in [0, 0.1) is 0 Å². The Labute approximate surface area is 124 Å². The third kappa shape index (κ3) is 4.26. The van der Waals surface area contributed by atoms with Crippen LogP contribution in [0.15, 0.2) is 12.1 Å². The first-order valence-corrected chi connectivity index (χ1v) is 6.85. The first-order chi connectivity index (χ1) is 10.2. The van der Waals surface area contributed by atoms with Crippen molar-refractivity contribution in [1.29, 1.82) is 0 Å². The fourth-order valence-electron chi connectivity index (χ4n) is 1.92. The highest BCUT2D eigenvalue weighted by Gasteiger charge is 2.21. The molecule has 0 atom stereocenters. The normalized spacial score (nSPS) is 13.7. The Kier molecular flexibility index (Phi) is 5.27. The van der Waals surface area contributed by atoms with E-state index in [1.54, 1.807) is 14.2 Å². The number of methoxy groups -OCH3 is 3. The van der Waals surface area contributed by atoms with Crippen LogP contribution in [0.25, 0.3) is 0 Å². The van der Waals surface area contributed by atoms with Crippen molar-refractivity contribution in [2.75, 3.05) is 27.9 Å². The second kappa shape index (κ2) is 7.17. The SMILES string of the molecule is COC(=O)COc1c(OC)cc(CNC2CC2)cc1OC. The third-order valence-electron chi connectivity index (χ3n) is 3.25. The van der Waals surface area contributed by atoms with Crippen LogP contribution in [-0.4, -0.2) is 39.9 Å². The maximum atomic E-state index is 11.2. The molecule has 1 aliphatic rings. The van der Waals surface area contributed by atoms with Crippen LogP contribution in [-0.2, 0) is 16.1 Å². The van der Waals surface area contributed by atoms with E-state index in [0.717, 1.165) is 12.1 Å². The Morgan fingerprint density at radius 1 is 1.19 bits per heavy atom. The standard InChI is InChI=1S/C15H21NO5/c1-18-12-6-10(8-16-11-4-5-11)7-13(19-2)15(12)21-9-14(17)20-3/h6-7,11,16H,4-5,8-9H2,1-3H3. The molecule has 0 aliphatic heterocycles. The van der Waals surface area contributed by atoms with E-state index in [1.807, 2.05) is 12.1 Å². The number of carbonyl (C=O) groups excluding carboxylic acids is 1. The summed E-state index contributed by atoms with van der Waals surface area (Å²) in [7, 11) is 4.42. The predicted molar refractivity (Wildman–Crippen MR) is 76.9 cm³/mol. The van der Waals surface area contributed by atoms with Gasteiger partial charge in [0.15, 0.2) is 18.1 Å². The third-order valence-corrected chi connectivity index (χ3v) is 3.25. The lowest BCUT2D eigenvalue weighted by atomic mass is 10.1. The molecule has 6 heteroatoms. The van der Waals surface area contributed by atoms with Crippen LogP contribution in [0.3, 0.4) is 0 Å². The van der Waals surface area contributed by atoms with Crippen LogP contribution in [0.5, 0.6) is 17.2 Å². The van der Waals surface area contributed by atoms with Gasteiger partial charge in [0.2, 0.25) is 5.75 Å². The molecular weight excluding hydrogens is 274 g/mol. The van der Waals surface area contributed by atoms with Gasteiger partial charge in [0.1, 0.15) is 0 Å². The van der Waals surface area contributed by atoms with Gasteiger partial charge in [-0.25, -0.2) is 4.79 Å². The van der Waals surface area contributed by atoms with Crippen LogP contribution in [0.2, 0.25) is 0 Å². The molecule has 1 aromatic rings. The van der Waals surface area contributed by atoms with Gasteiger partial charge in [-0.2, -0.15) is 0 Å². The molecule has 1 aliphatic carbocycles. The van der Waals surface area contributed by atoms with Gasteiger partial charge in [-0.1, -0.05) is 0 Å². The van der Waals surface area contributed by atoms with E-state index in [4.69, 9.17) is 14.2 Å². The highest BCUT2D eigenvalue weighted by atomic mass is 16.6. The molecule has 0 bridgehead atoms. The van der Waals surface area contributed by atoms with Crippen LogP contribution in [0.1, 0.15) is 18.4 Å². The van der Waals surface area contributed by atoms with E-state index in [1.165, 1.54) is 20.0 Å². The number of hydrogen-bond acceptors (Lipinski definition) is 6. The van der Waals surface area contributed by atoms with Crippen molar-refractivity contribution < 1.29 is 23.7 Å². The second-order valence-corrected chi connectivity index (χ2v) is 4.85. The monoisotopic (exact) mass is 295 g/mol. The number of ether oxygens (including phenoxy) is 4. The highest BCUT2D eigenvalue weighted by molar-refractivity contribution is 5.71. The molecule has 0 radical (unpaired) electrons. The molecule has 0 spiro atoms. The molecular formula is C15H21NO5. The van der Waals surface area contributed by atoms with Gasteiger partial charge in [-0.15, -0.1) is 0 Å². The van der Waals surface area contributed by atoms with Crippen LogP contribution >= 0.6 is 0 Å². The lowest BCUT2D eigenvalue weighted by Gasteiger charge is -2.15. The molecule has 0 saturated heterocycles. The molecule has 1 fully saturated rings. The number of rotatable bonds is 8. The summed E-state index contributed by atoms with van der Waals surface area (Å²) in [6.45, 7) is 0.553. The average molecular weight is 295 g/mol. The zero-order valence-corrected chi connectivity index (χ0v) is 12.6. The van der Waals surface area contributed by atoms with Gasteiger partial charge >= 0.3 is 5.97 Å². The molecule has 1 saturated carbocycles. The molecule has 0 heterocycles. The van der Waals surface area contributed by atoms with E-state index in [2.05, 4.69) is 10.1 Å². The van der Waals surface area contributed by atoms with Crippen molar-refractivity contribution in [1.82, 2.24) is 5.32 Å². The van der Waals surface area contributed by atoms with Gasteiger partial charge in [-0.3, -0.25) is 0 Å². The smallest absolute Gasteiger partial charge is 0.343 e. The second-order valence-electron chi connectivity index (χ2n) is 4.85. The Morgan fingerprint density at radius 3 is 2.29 bits per heavy atom.